The lowest BCUT2D eigenvalue weighted by atomic mass is 10.3. The Kier molecular flexibility index (Phi) is 3.66. The normalized spacial score (nSPS) is 10.5. The van der Waals surface area contributed by atoms with Gasteiger partial charge < -0.3 is 10.1 Å². The largest absolute Gasteiger partial charge is 0.404 e. The third kappa shape index (κ3) is 3.25. The standard InChI is InChI=1S/C11H15N5O/c1-3-12-7-9-5-4-6-10(14-9)17-11-13-8-16(2)15-11/h4-6,8,12H,3,7H2,1-2H3. The molecule has 2 rings (SSSR count). The molecule has 6 nitrogen and oxygen atoms in total. The molecule has 0 spiro atoms. The van der Waals surface area contributed by atoms with E-state index in [0.29, 0.717) is 11.9 Å². The molecule has 0 aliphatic carbocycles. The van der Waals surface area contributed by atoms with Crippen LogP contribution in [-0.2, 0) is 13.6 Å². The van der Waals surface area contributed by atoms with Crippen molar-refractivity contribution in [3.05, 3.63) is 30.2 Å². The molecule has 2 aromatic rings. The van der Waals surface area contributed by atoms with E-state index in [1.807, 2.05) is 12.1 Å². The van der Waals surface area contributed by atoms with Gasteiger partial charge in [-0.25, -0.2) is 4.98 Å². The third-order valence-electron chi connectivity index (χ3n) is 2.11. The van der Waals surface area contributed by atoms with Gasteiger partial charge in [0.05, 0.1) is 5.69 Å². The molecular formula is C11H15N5O. The zero-order valence-corrected chi connectivity index (χ0v) is 9.92. The summed E-state index contributed by atoms with van der Waals surface area (Å²) in [7, 11) is 1.79. The highest BCUT2D eigenvalue weighted by Crippen LogP contribution is 2.14. The van der Waals surface area contributed by atoms with Crippen LogP contribution in [0.4, 0.5) is 0 Å². The fourth-order valence-corrected chi connectivity index (χ4v) is 1.33. The summed E-state index contributed by atoms with van der Waals surface area (Å²) in [6, 6.07) is 5.94. The van der Waals surface area contributed by atoms with Crippen molar-refractivity contribution in [1.29, 1.82) is 0 Å². The minimum Gasteiger partial charge on any atom is -0.404 e. The van der Waals surface area contributed by atoms with Crippen molar-refractivity contribution >= 4 is 0 Å². The summed E-state index contributed by atoms with van der Waals surface area (Å²) < 4.78 is 7.02. The van der Waals surface area contributed by atoms with E-state index in [9.17, 15) is 0 Å². The van der Waals surface area contributed by atoms with Crippen LogP contribution in [-0.4, -0.2) is 26.3 Å². The molecule has 0 saturated heterocycles. The molecule has 6 heteroatoms. The average Bonchev–Trinajstić information content (AvgIpc) is 2.73. The summed E-state index contributed by atoms with van der Waals surface area (Å²) in [5, 5.41) is 7.23. The number of hydrogen-bond donors (Lipinski definition) is 1. The van der Waals surface area contributed by atoms with Crippen LogP contribution in [0.25, 0.3) is 0 Å². The molecule has 0 aliphatic heterocycles. The number of ether oxygens (including phenoxy) is 1. The second-order valence-electron chi connectivity index (χ2n) is 3.55. The van der Waals surface area contributed by atoms with Gasteiger partial charge in [-0.2, -0.15) is 4.98 Å². The minimum absolute atomic E-state index is 0.306. The van der Waals surface area contributed by atoms with Gasteiger partial charge >= 0.3 is 6.01 Å². The smallest absolute Gasteiger partial charge is 0.342 e. The Balaban J connectivity index is 2.05. The molecular weight excluding hydrogens is 218 g/mol. The van der Waals surface area contributed by atoms with Crippen molar-refractivity contribution in [2.75, 3.05) is 6.54 Å². The predicted octanol–water partition coefficient (Wildman–Crippen LogP) is 1.11. The van der Waals surface area contributed by atoms with Crippen molar-refractivity contribution in [1.82, 2.24) is 25.1 Å². The maximum absolute atomic E-state index is 5.44. The summed E-state index contributed by atoms with van der Waals surface area (Å²) in [4.78, 5) is 8.32. The van der Waals surface area contributed by atoms with Gasteiger partial charge in [0.2, 0.25) is 5.88 Å². The molecule has 0 fully saturated rings. The van der Waals surface area contributed by atoms with Crippen LogP contribution >= 0.6 is 0 Å². The van der Waals surface area contributed by atoms with Crippen LogP contribution in [0.2, 0.25) is 0 Å². The molecule has 0 radical (unpaired) electrons. The van der Waals surface area contributed by atoms with Crippen LogP contribution < -0.4 is 10.1 Å². The highest BCUT2D eigenvalue weighted by molar-refractivity contribution is 5.18. The molecule has 0 aliphatic rings. The maximum atomic E-state index is 5.44. The molecule has 90 valence electrons. The molecule has 0 aromatic carbocycles. The fraction of sp³-hybridized carbons (Fsp3) is 0.364. The van der Waals surface area contributed by atoms with Crippen molar-refractivity contribution in [3.8, 4) is 11.9 Å². The first-order valence-corrected chi connectivity index (χ1v) is 5.48. The highest BCUT2D eigenvalue weighted by atomic mass is 16.5. The van der Waals surface area contributed by atoms with Gasteiger partial charge in [-0.3, -0.25) is 4.68 Å². The topological polar surface area (TPSA) is 64.9 Å². The summed E-state index contributed by atoms with van der Waals surface area (Å²) >= 11 is 0. The molecule has 2 heterocycles. The van der Waals surface area contributed by atoms with Crippen LogP contribution in [0, 0.1) is 0 Å². The van der Waals surface area contributed by atoms with E-state index < -0.39 is 0 Å². The molecule has 0 amide bonds. The predicted molar refractivity (Wildman–Crippen MR) is 62.7 cm³/mol. The van der Waals surface area contributed by atoms with Crippen LogP contribution in [0.3, 0.4) is 0 Å². The SMILES string of the molecule is CCNCc1cccc(Oc2ncn(C)n2)n1. The molecule has 0 unspecified atom stereocenters. The number of nitrogens with zero attached hydrogens (tertiary/aromatic N) is 4. The van der Waals surface area contributed by atoms with E-state index in [-0.39, 0.29) is 0 Å². The van der Waals surface area contributed by atoms with Crippen LogP contribution in [0.1, 0.15) is 12.6 Å². The Hall–Kier alpha value is -1.95. The monoisotopic (exact) mass is 233 g/mol. The lowest BCUT2D eigenvalue weighted by Crippen LogP contribution is -2.12. The number of aryl methyl sites for hydroxylation is 1. The molecule has 0 saturated carbocycles. The van der Waals surface area contributed by atoms with Gasteiger partial charge in [0.25, 0.3) is 0 Å². The van der Waals surface area contributed by atoms with Crippen molar-refractivity contribution < 1.29 is 4.74 Å². The molecule has 17 heavy (non-hydrogen) atoms. The Labute approximate surface area is 99.7 Å². The highest BCUT2D eigenvalue weighted by Gasteiger charge is 2.03. The molecule has 0 atom stereocenters. The Morgan fingerprint density at radius 1 is 1.41 bits per heavy atom. The van der Waals surface area contributed by atoms with Crippen molar-refractivity contribution in [2.45, 2.75) is 13.5 Å². The van der Waals surface area contributed by atoms with E-state index in [4.69, 9.17) is 4.74 Å². The Morgan fingerprint density at radius 2 is 2.29 bits per heavy atom. The number of rotatable bonds is 5. The minimum atomic E-state index is 0.306. The van der Waals surface area contributed by atoms with Crippen molar-refractivity contribution in [2.24, 2.45) is 7.05 Å². The van der Waals surface area contributed by atoms with Gasteiger partial charge in [0.1, 0.15) is 6.33 Å². The van der Waals surface area contributed by atoms with E-state index >= 15 is 0 Å². The lowest BCUT2D eigenvalue weighted by molar-refractivity contribution is 0.420. The molecule has 0 bridgehead atoms. The van der Waals surface area contributed by atoms with E-state index in [1.165, 1.54) is 0 Å². The van der Waals surface area contributed by atoms with Gasteiger partial charge in [-0.15, -0.1) is 5.10 Å². The summed E-state index contributed by atoms with van der Waals surface area (Å²) in [6.45, 7) is 3.69. The first-order valence-electron chi connectivity index (χ1n) is 5.48. The lowest BCUT2D eigenvalue weighted by Gasteiger charge is -2.03. The first kappa shape index (κ1) is 11.5. The van der Waals surface area contributed by atoms with Gasteiger partial charge in [-0.1, -0.05) is 13.0 Å². The van der Waals surface area contributed by atoms with E-state index in [1.54, 1.807) is 24.1 Å². The second-order valence-corrected chi connectivity index (χ2v) is 3.55. The van der Waals surface area contributed by atoms with Crippen molar-refractivity contribution in [3.63, 3.8) is 0 Å². The molecule has 1 N–H and O–H groups in total. The summed E-state index contributed by atoms with van der Waals surface area (Å²) in [5.41, 5.74) is 0.931. The fourth-order valence-electron chi connectivity index (χ4n) is 1.33. The quantitative estimate of drug-likeness (QED) is 0.838. The number of hydrogen-bond acceptors (Lipinski definition) is 5. The van der Waals surface area contributed by atoms with E-state index in [2.05, 4.69) is 27.3 Å². The number of nitrogens with one attached hydrogen (secondary N) is 1. The van der Waals surface area contributed by atoms with E-state index in [0.717, 1.165) is 18.8 Å². The van der Waals surface area contributed by atoms with Gasteiger partial charge in [0.15, 0.2) is 0 Å². The summed E-state index contributed by atoms with van der Waals surface area (Å²) in [6.07, 6.45) is 1.58. The maximum Gasteiger partial charge on any atom is 0.342 e. The van der Waals surface area contributed by atoms with Gasteiger partial charge in [0, 0.05) is 19.7 Å². The number of pyridine rings is 1. The molecule has 2 aromatic heterocycles. The summed E-state index contributed by atoms with van der Waals surface area (Å²) in [5.74, 6) is 0.506. The second kappa shape index (κ2) is 5.40. The zero-order chi connectivity index (χ0) is 12.1. The third-order valence-corrected chi connectivity index (χ3v) is 2.11. The van der Waals surface area contributed by atoms with Crippen LogP contribution in [0.5, 0.6) is 11.9 Å². The Morgan fingerprint density at radius 3 is 3.00 bits per heavy atom. The number of aromatic nitrogens is 4. The Bertz CT molecular complexity index is 482. The van der Waals surface area contributed by atoms with Crippen LogP contribution in [0.15, 0.2) is 24.5 Å². The zero-order valence-electron chi connectivity index (χ0n) is 9.92. The van der Waals surface area contributed by atoms with Gasteiger partial charge in [-0.05, 0) is 12.6 Å². The first-order chi connectivity index (χ1) is 8.28. The average molecular weight is 233 g/mol.